The van der Waals surface area contributed by atoms with Crippen LogP contribution in [0.5, 0.6) is 0 Å². The summed E-state index contributed by atoms with van der Waals surface area (Å²) < 4.78 is 0. The van der Waals surface area contributed by atoms with Crippen LogP contribution in [0.4, 0.5) is 0 Å². The Bertz CT molecular complexity index is 333. The Morgan fingerprint density at radius 3 is 2.31 bits per heavy atom. The summed E-state index contributed by atoms with van der Waals surface area (Å²) in [5.41, 5.74) is 7.08. The maximum absolute atomic E-state index is 11.7. The van der Waals surface area contributed by atoms with E-state index in [1.54, 1.807) is 19.0 Å². The van der Waals surface area contributed by atoms with Gasteiger partial charge in [0.25, 0.3) is 0 Å². The first-order chi connectivity index (χ1) is 7.52. The van der Waals surface area contributed by atoms with Crippen molar-refractivity contribution in [3.63, 3.8) is 0 Å². The molecular weight excluding hydrogens is 200 g/mol. The quantitative estimate of drug-likeness (QED) is 0.837. The van der Waals surface area contributed by atoms with Crippen LogP contribution in [0.1, 0.15) is 24.8 Å². The van der Waals surface area contributed by atoms with Crippen molar-refractivity contribution in [1.82, 2.24) is 4.90 Å². The Morgan fingerprint density at radius 2 is 1.88 bits per heavy atom. The molecule has 0 unspecified atom stereocenters. The van der Waals surface area contributed by atoms with Gasteiger partial charge in [-0.15, -0.1) is 0 Å². The molecule has 0 saturated carbocycles. The summed E-state index contributed by atoms with van der Waals surface area (Å²) in [4.78, 5) is 13.3. The molecule has 3 heteroatoms. The number of carbonyl (C=O) groups excluding carboxylic acids is 1. The van der Waals surface area contributed by atoms with Crippen LogP contribution in [0.3, 0.4) is 0 Å². The minimum Gasteiger partial charge on any atom is -0.349 e. The number of nitrogens with zero attached hydrogens (tertiary/aromatic N) is 1. The highest BCUT2D eigenvalue weighted by molar-refractivity contribution is 5.76. The van der Waals surface area contributed by atoms with Crippen molar-refractivity contribution in [2.75, 3.05) is 14.1 Å². The van der Waals surface area contributed by atoms with Gasteiger partial charge in [-0.05, 0) is 12.5 Å². The summed E-state index contributed by atoms with van der Waals surface area (Å²) in [5, 5.41) is 0. The van der Waals surface area contributed by atoms with E-state index in [2.05, 4.69) is 0 Å². The largest absolute Gasteiger partial charge is 0.349 e. The van der Waals surface area contributed by atoms with Crippen molar-refractivity contribution in [2.24, 2.45) is 5.73 Å². The lowest BCUT2D eigenvalue weighted by Crippen LogP contribution is -2.31. The summed E-state index contributed by atoms with van der Waals surface area (Å²) in [6.07, 6.45) is 0.467. The average molecular weight is 220 g/mol. The second-order valence-corrected chi connectivity index (χ2v) is 4.37. The molecule has 1 aromatic carbocycles. The lowest BCUT2D eigenvalue weighted by Gasteiger charge is -2.22. The van der Waals surface area contributed by atoms with Crippen molar-refractivity contribution in [3.05, 3.63) is 35.9 Å². The van der Waals surface area contributed by atoms with Gasteiger partial charge in [0.2, 0.25) is 5.91 Å². The Kier molecular flexibility index (Phi) is 4.50. The molecule has 1 amide bonds. The van der Waals surface area contributed by atoms with Gasteiger partial charge in [-0.25, -0.2) is 0 Å². The molecule has 0 fully saturated rings. The molecule has 0 spiro atoms. The van der Waals surface area contributed by atoms with E-state index in [0.717, 1.165) is 5.56 Å². The molecule has 1 rings (SSSR count). The van der Waals surface area contributed by atoms with Crippen LogP contribution in [0.15, 0.2) is 30.3 Å². The van der Waals surface area contributed by atoms with Gasteiger partial charge in [0, 0.05) is 32.5 Å². The van der Waals surface area contributed by atoms with Gasteiger partial charge in [0.1, 0.15) is 0 Å². The average Bonchev–Trinajstić information content (AvgIpc) is 2.26. The van der Waals surface area contributed by atoms with Crippen molar-refractivity contribution >= 4 is 5.91 Å². The highest BCUT2D eigenvalue weighted by Gasteiger charge is 2.20. The fourth-order valence-corrected chi connectivity index (χ4v) is 1.68. The zero-order valence-corrected chi connectivity index (χ0v) is 10.2. The number of hydrogen-bond acceptors (Lipinski definition) is 2. The van der Waals surface area contributed by atoms with Crippen LogP contribution in [0, 0.1) is 0 Å². The second kappa shape index (κ2) is 5.66. The van der Waals surface area contributed by atoms with Gasteiger partial charge in [-0.3, -0.25) is 4.79 Å². The molecule has 0 heterocycles. The number of hydrogen-bond donors (Lipinski definition) is 1. The van der Waals surface area contributed by atoms with E-state index in [4.69, 9.17) is 5.73 Å². The lowest BCUT2D eigenvalue weighted by atomic mass is 9.89. The van der Waals surface area contributed by atoms with Crippen LogP contribution in [0.25, 0.3) is 0 Å². The van der Waals surface area contributed by atoms with Gasteiger partial charge < -0.3 is 10.6 Å². The molecule has 0 radical (unpaired) electrons. The molecule has 3 nitrogen and oxygen atoms in total. The second-order valence-electron chi connectivity index (χ2n) is 4.37. The van der Waals surface area contributed by atoms with Gasteiger partial charge in [-0.1, -0.05) is 30.3 Å². The third-order valence-electron chi connectivity index (χ3n) is 2.76. The molecule has 88 valence electrons. The summed E-state index contributed by atoms with van der Waals surface area (Å²) >= 11 is 0. The number of nitrogens with two attached hydrogens (primary N) is 1. The molecule has 0 aliphatic rings. The molecule has 16 heavy (non-hydrogen) atoms. The Labute approximate surface area is 97.2 Å². The molecule has 1 aromatic rings. The minimum absolute atomic E-state index is 0.0219. The molecule has 0 aliphatic heterocycles. The predicted octanol–water partition coefficient (Wildman–Crippen LogP) is 1.60. The predicted molar refractivity (Wildman–Crippen MR) is 66.1 cm³/mol. The first kappa shape index (κ1) is 12.7. The molecule has 0 aromatic heterocycles. The minimum atomic E-state index is -0.0219. The van der Waals surface area contributed by atoms with E-state index >= 15 is 0 Å². The molecule has 0 aliphatic carbocycles. The van der Waals surface area contributed by atoms with Crippen molar-refractivity contribution < 1.29 is 4.79 Å². The monoisotopic (exact) mass is 220 g/mol. The van der Waals surface area contributed by atoms with Crippen LogP contribution >= 0.6 is 0 Å². The summed E-state index contributed by atoms with van der Waals surface area (Å²) in [6, 6.07) is 9.95. The van der Waals surface area contributed by atoms with E-state index < -0.39 is 0 Å². The normalized spacial score (nSPS) is 14.2. The number of carbonyl (C=O) groups is 1. The van der Waals surface area contributed by atoms with Gasteiger partial charge in [0.05, 0.1) is 0 Å². The molecule has 2 N–H and O–H groups in total. The van der Waals surface area contributed by atoms with E-state index in [1.165, 1.54) is 0 Å². The zero-order valence-electron chi connectivity index (χ0n) is 10.2. The van der Waals surface area contributed by atoms with Crippen molar-refractivity contribution in [1.29, 1.82) is 0 Å². The fourth-order valence-electron chi connectivity index (χ4n) is 1.68. The number of rotatable bonds is 4. The van der Waals surface area contributed by atoms with Crippen molar-refractivity contribution in [3.8, 4) is 0 Å². The van der Waals surface area contributed by atoms with Crippen LogP contribution in [-0.4, -0.2) is 30.9 Å². The summed E-state index contributed by atoms with van der Waals surface area (Å²) in [5.74, 6) is 0.210. The van der Waals surface area contributed by atoms with Crippen LogP contribution in [0.2, 0.25) is 0 Å². The van der Waals surface area contributed by atoms with E-state index in [9.17, 15) is 4.79 Å². The highest BCUT2D eigenvalue weighted by Crippen LogP contribution is 2.22. The SMILES string of the molecule is C[C@H](N)[C@@H](CC(=O)N(C)C)c1ccccc1. The first-order valence-corrected chi connectivity index (χ1v) is 5.53. The molecule has 2 atom stereocenters. The third-order valence-corrected chi connectivity index (χ3v) is 2.76. The van der Waals surface area contributed by atoms with E-state index in [1.807, 2.05) is 37.3 Å². The van der Waals surface area contributed by atoms with E-state index in [-0.39, 0.29) is 17.9 Å². The summed E-state index contributed by atoms with van der Waals surface area (Å²) in [7, 11) is 3.54. The number of amides is 1. The number of benzene rings is 1. The Morgan fingerprint density at radius 1 is 1.31 bits per heavy atom. The van der Waals surface area contributed by atoms with Gasteiger partial charge in [-0.2, -0.15) is 0 Å². The smallest absolute Gasteiger partial charge is 0.222 e. The Hall–Kier alpha value is -1.35. The molecular formula is C13H20N2O. The zero-order chi connectivity index (χ0) is 12.1. The fraction of sp³-hybridized carbons (Fsp3) is 0.462. The maximum Gasteiger partial charge on any atom is 0.222 e. The van der Waals surface area contributed by atoms with E-state index in [0.29, 0.717) is 6.42 Å². The van der Waals surface area contributed by atoms with Crippen LogP contribution < -0.4 is 5.73 Å². The van der Waals surface area contributed by atoms with Crippen molar-refractivity contribution in [2.45, 2.75) is 25.3 Å². The standard InChI is InChI=1S/C13H20N2O/c1-10(14)12(9-13(16)15(2)3)11-7-5-4-6-8-11/h4-8,10,12H,9,14H2,1-3H3/t10-,12+/m0/s1. The maximum atomic E-state index is 11.7. The Balaban J connectivity index is 2.81. The van der Waals surface area contributed by atoms with Gasteiger partial charge >= 0.3 is 0 Å². The molecule has 0 saturated heterocycles. The third kappa shape index (κ3) is 3.35. The lowest BCUT2D eigenvalue weighted by molar-refractivity contribution is -0.129. The van der Waals surface area contributed by atoms with Gasteiger partial charge in [0.15, 0.2) is 0 Å². The topological polar surface area (TPSA) is 46.3 Å². The van der Waals surface area contributed by atoms with Crippen LogP contribution in [-0.2, 0) is 4.79 Å². The highest BCUT2D eigenvalue weighted by atomic mass is 16.2. The summed E-state index contributed by atoms with van der Waals surface area (Å²) in [6.45, 7) is 1.95. The molecule has 0 bridgehead atoms. The first-order valence-electron chi connectivity index (χ1n) is 5.53.